The van der Waals surface area contributed by atoms with E-state index in [9.17, 15) is 0 Å². The first kappa shape index (κ1) is 14.6. The minimum atomic E-state index is 0.127. The van der Waals surface area contributed by atoms with E-state index in [-0.39, 0.29) is 6.04 Å². The molecule has 0 saturated heterocycles. The zero-order valence-corrected chi connectivity index (χ0v) is 12.5. The highest BCUT2D eigenvalue weighted by atomic mass is 16.5. The van der Waals surface area contributed by atoms with Crippen LogP contribution < -0.4 is 10.5 Å². The summed E-state index contributed by atoms with van der Waals surface area (Å²) >= 11 is 0. The quantitative estimate of drug-likeness (QED) is 0.880. The lowest BCUT2D eigenvalue weighted by atomic mass is 10.0. The Kier molecular flexibility index (Phi) is 4.79. The summed E-state index contributed by atoms with van der Waals surface area (Å²) < 4.78 is 7.83. The van der Waals surface area contributed by atoms with Crippen LogP contribution in [0.5, 0.6) is 5.75 Å². The van der Waals surface area contributed by atoms with Crippen LogP contribution in [0.2, 0.25) is 0 Å². The van der Waals surface area contributed by atoms with Crippen LogP contribution in [0.15, 0.2) is 30.6 Å². The van der Waals surface area contributed by atoms with Gasteiger partial charge in [0.1, 0.15) is 12.4 Å². The highest BCUT2D eigenvalue weighted by Crippen LogP contribution is 2.22. The minimum Gasteiger partial charge on any atom is -0.489 e. The van der Waals surface area contributed by atoms with Gasteiger partial charge >= 0.3 is 0 Å². The molecule has 0 spiro atoms. The molecule has 4 heteroatoms. The maximum atomic E-state index is 5.93. The van der Waals surface area contributed by atoms with Crippen molar-refractivity contribution in [2.45, 2.75) is 46.4 Å². The van der Waals surface area contributed by atoms with Crippen molar-refractivity contribution in [2.24, 2.45) is 5.73 Å². The lowest BCUT2D eigenvalue weighted by molar-refractivity contribution is 0.302. The van der Waals surface area contributed by atoms with E-state index < -0.39 is 0 Å². The lowest BCUT2D eigenvalue weighted by Crippen LogP contribution is -2.18. The molecular weight excluding hydrogens is 250 g/mol. The molecule has 0 radical (unpaired) electrons. The summed E-state index contributed by atoms with van der Waals surface area (Å²) in [6, 6.07) is 6.36. The smallest absolute Gasteiger partial charge is 0.123 e. The van der Waals surface area contributed by atoms with Gasteiger partial charge in [-0.15, -0.1) is 0 Å². The summed E-state index contributed by atoms with van der Waals surface area (Å²) in [4.78, 5) is 0. The fourth-order valence-electron chi connectivity index (χ4n) is 2.17. The molecule has 1 atom stereocenters. The lowest BCUT2D eigenvalue weighted by Gasteiger charge is -2.13. The molecule has 108 valence electrons. The van der Waals surface area contributed by atoms with Crippen LogP contribution in [0.3, 0.4) is 0 Å². The molecule has 0 aliphatic heterocycles. The number of nitrogens with two attached hydrogens (primary N) is 1. The Morgan fingerprint density at radius 2 is 2.20 bits per heavy atom. The molecule has 0 saturated carbocycles. The number of aromatic nitrogens is 2. The second kappa shape index (κ2) is 6.57. The molecule has 4 nitrogen and oxygen atoms in total. The predicted octanol–water partition coefficient (Wildman–Crippen LogP) is 2.68. The summed E-state index contributed by atoms with van der Waals surface area (Å²) in [5, 5.41) is 4.25. The van der Waals surface area contributed by atoms with Crippen LogP contribution in [-0.4, -0.2) is 15.8 Å². The molecule has 2 aromatic rings. The van der Waals surface area contributed by atoms with Crippen molar-refractivity contribution < 1.29 is 4.74 Å². The molecular formula is C16H23N3O. The maximum Gasteiger partial charge on any atom is 0.123 e. The predicted molar refractivity (Wildman–Crippen MR) is 80.8 cm³/mol. The number of aryl methyl sites for hydroxylation is 2. The molecule has 0 fully saturated rings. The fraction of sp³-hybridized carbons (Fsp3) is 0.438. The normalized spacial score (nSPS) is 12.4. The van der Waals surface area contributed by atoms with Gasteiger partial charge in [-0.2, -0.15) is 5.10 Å². The van der Waals surface area contributed by atoms with Gasteiger partial charge in [-0.3, -0.25) is 4.68 Å². The first-order valence-electron chi connectivity index (χ1n) is 7.07. The van der Waals surface area contributed by atoms with Crippen molar-refractivity contribution in [1.29, 1.82) is 0 Å². The topological polar surface area (TPSA) is 53.1 Å². The summed E-state index contributed by atoms with van der Waals surface area (Å²) in [5.41, 5.74) is 9.38. The summed E-state index contributed by atoms with van der Waals surface area (Å²) in [5.74, 6) is 0.914. The van der Waals surface area contributed by atoms with Crippen molar-refractivity contribution in [3.63, 3.8) is 0 Å². The molecule has 0 amide bonds. The summed E-state index contributed by atoms with van der Waals surface area (Å²) in [6.07, 6.45) is 4.69. The molecule has 0 aliphatic rings. The van der Waals surface area contributed by atoms with E-state index in [1.54, 1.807) is 0 Å². The van der Waals surface area contributed by atoms with Crippen molar-refractivity contribution in [3.8, 4) is 5.75 Å². The van der Waals surface area contributed by atoms with Crippen LogP contribution >= 0.6 is 0 Å². The van der Waals surface area contributed by atoms with Gasteiger partial charge in [-0.1, -0.05) is 17.7 Å². The number of ether oxygens (including phenoxy) is 1. The van der Waals surface area contributed by atoms with Crippen molar-refractivity contribution in [3.05, 3.63) is 47.3 Å². The van der Waals surface area contributed by atoms with Gasteiger partial charge in [0, 0.05) is 24.3 Å². The Bertz CT molecular complexity index is 561. The highest BCUT2D eigenvalue weighted by molar-refractivity contribution is 5.37. The minimum absolute atomic E-state index is 0.127. The number of benzene rings is 1. The Morgan fingerprint density at radius 1 is 1.40 bits per heavy atom. The molecule has 0 bridgehead atoms. The Balaban J connectivity index is 2.08. The molecule has 2 rings (SSSR count). The second-order valence-corrected chi connectivity index (χ2v) is 5.29. The Morgan fingerprint density at radius 3 is 2.85 bits per heavy atom. The van der Waals surface area contributed by atoms with Crippen LogP contribution in [-0.2, 0) is 19.6 Å². The molecule has 2 N–H and O–H groups in total. The van der Waals surface area contributed by atoms with Gasteiger partial charge in [-0.25, -0.2) is 0 Å². The maximum absolute atomic E-state index is 5.93. The first-order chi connectivity index (χ1) is 9.58. The van der Waals surface area contributed by atoms with Gasteiger partial charge in [0.25, 0.3) is 0 Å². The monoisotopic (exact) mass is 273 g/mol. The number of rotatable bonds is 6. The molecule has 20 heavy (non-hydrogen) atoms. The van der Waals surface area contributed by atoms with Crippen LogP contribution in [0.4, 0.5) is 0 Å². The average Bonchev–Trinajstić information content (AvgIpc) is 2.85. The Labute approximate surface area is 120 Å². The summed E-state index contributed by atoms with van der Waals surface area (Å²) in [6.45, 7) is 7.57. The molecule has 1 aromatic heterocycles. The van der Waals surface area contributed by atoms with E-state index in [0.29, 0.717) is 6.61 Å². The molecule has 1 aromatic carbocycles. The number of hydrogen-bond donors (Lipinski definition) is 1. The van der Waals surface area contributed by atoms with Crippen molar-refractivity contribution in [1.82, 2.24) is 9.78 Å². The van der Waals surface area contributed by atoms with E-state index in [1.165, 1.54) is 11.1 Å². The third-order valence-electron chi connectivity index (χ3n) is 3.16. The van der Waals surface area contributed by atoms with Crippen molar-refractivity contribution >= 4 is 0 Å². The van der Waals surface area contributed by atoms with Gasteiger partial charge in [-0.05, 0) is 38.8 Å². The average molecular weight is 273 g/mol. The molecule has 1 heterocycles. The SMILES string of the molecule is CCn1cc(COc2ccc(C)cc2CC(C)N)cn1. The number of nitrogens with zero attached hydrogens (tertiary/aromatic N) is 2. The third-order valence-corrected chi connectivity index (χ3v) is 3.16. The fourth-order valence-corrected chi connectivity index (χ4v) is 2.17. The van der Waals surface area contributed by atoms with E-state index in [2.05, 4.69) is 31.1 Å². The van der Waals surface area contributed by atoms with Gasteiger partial charge in [0.15, 0.2) is 0 Å². The highest BCUT2D eigenvalue weighted by Gasteiger charge is 2.07. The van der Waals surface area contributed by atoms with Gasteiger partial charge in [0.05, 0.1) is 6.20 Å². The molecule has 1 unspecified atom stereocenters. The number of hydrogen-bond acceptors (Lipinski definition) is 3. The van der Waals surface area contributed by atoms with E-state index in [0.717, 1.165) is 24.3 Å². The van der Waals surface area contributed by atoms with Crippen LogP contribution in [0.1, 0.15) is 30.5 Å². The Hall–Kier alpha value is -1.81. The van der Waals surface area contributed by atoms with Gasteiger partial charge < -0.3 is 10.5 Å². The third kappa shape index (κ3) is 3.84. The first-order valence-corrected chi connectivity index (χ1v) is 7.07. The zero-order chi connectivity index (χ0) is 14.5. The van der Waals surface area contributed by atoms with E-state index >= 15 is 0 Å². The standard InChI is InChI=1S/C16H23N3O/c1-4-19-10-14(9-18-19)11-20-16-6-5-12(2)7-15(16)8-13(3)17/h5-7,9-10,13H,4,8,11,17H2,1-3H3. The molecule has 0 aliphatic carbocycles. The van der Waals surface area contributed by atoms with Crippen molar-refractivity contribution in [2.75, 3.05) is 0 Å². The second-order valence-electron chi connectivity index (χ2n) is 5.29. The van der Waals surface area contributed by atoms with E-state index in [1.807, 2.05) is 30.1 Å². The van der Waals surface area contributed by atoms with Crippen LogP contribution in [0.25, 0.3) is 0 Å². The van der Waals surface area contributed by atoms with Crippen LogP contribution in [0, 0.1) is 6.92 Å². The largest absolute Gasteiger partial charge is 0.489 e. The zero-order valence-electron chi connectivity index (χ0n) is 12.5. The van der Waals surface area contributed by atoms with Gasteiger partial charge in [0.2, 0.25) is 0 Å². The van der Waals surface area contributed by atoms with E-state index in [4.69, 9.17) is 10.5 Å². The summed E-state index contributed by atoms with van der Waals surface area (Å²) in [7, 11) is 0.